The van der Waals surface area contributed by atoms with Crippen LogP contribution in [-0.2, 0) is 0 Å². The van der Waals surface area contributed by atoms with Crippen molar-refractivity contribution in [2.45, 2.75) is 13.8 Å². The number of aromatic nitrogens is 3. The molecule has 2 N–H and O–H groups in total. The molecule has 0 radical (unpaired) electrons. The number of carbonyl (C=O) groups is 1. The minimum Gasteiger partial charge on any atom is -0.494 e. The average Bonchev–Trinajstić information content (AvgIpc) is 3.69. The highest BCUT2D eigenvalue weighted by molar-refractivity contribution is 7.17. The van der Waals surface area contributed by atoms with Crippen molar-refractivity contribution in [2.24, 2.45) is 4.99 Å². The van der Waals surface area contributed by atoms with Gasteiger partial charge in [-0.1, -0.05) is 24.3 Å². The molecule has 1 aromatic carbocycles. The van der Waals surface area contributed by atoms with E-state index in [0.29, 0.717) is 21.9 Å². The molecule has 0 spiro atoms. The second-order valence-electron chi connectivity index (χ2n) is 8.92. The van der Waals surface area contributed by atoms with E-state index in [4.69, 9.17) is 9.73 Å². The average molecular weight is 505 g/mol. The van der Waals surface area contributed by atoms with Crippen LogP contribution in [0.25, 0.3) is 27.9 Å². The predicted molar refractivity (Wildman–Crippen MR) is 146 cm³/mol. The number of para-hydroxylation sites is 1. The fraction of sp³-hybridized carbons (Fsp3) is 0.100. The minimum absolute atomic E-state index is 0.0641. The van der Waals surface area contributed by atoms with Crippen LogP contribution in [0.5, 0.6) is 5.75 Å². The zero-order valence-corrected chi connectivity index (χ0v) is 21.4. The third kappa shape index (κ3) is 4.13. The molecule has 0 aliphatic carbocycles. The third-order valence-corrected chi connectivity index (χ3v) is 7.49. The Kier molecular flexibility index (Phi) is 5.70. The van der Waals surface area contributed by atoms with Crippen LogP contribution in [0.1, 0.15) is 26.6 Å². The molecule has 6 nitrogen and oxygen atoms in total. The van der Waals surface area contributed by atoms with Crippen molar-refractivity contribution in [1.82, 2.24) is 15.0 Å². The second kappa shape index (κ2) is 9.19. The molecule has 0 saturated heterocycles. The number of aryl methyl sites for hydroxylation is 2. The molecule has 0 unspecified atom stereocenters. The van der Waals surface area contributed by atoms with Gasteiger partial charge in [0.25, 0.3) is 0 Å². The van der Waals surface area contributed by atoms with E-state index in [9.17, 15) is 4.79 Å². The summed E-state index contributed by atoms with van der Waals surface area (Å²) in [5.41, 5.74) is 5.27. The van der Waals surface area contributed by atoms with Crippen molar-refractivity contribution in [2.75, 3.05) is 7.11 Å². The highest BCUT2D eigenvalue weighted by Gasteiger charge is 2.24. The van der Waals surface area contributed by atoms with Crippen molar-refractivity contribution in [1.29, 1.82) is 0 Å². The molecular weight excluding hydrogens is 480 g/mol. The monoisotopic (exact) mass is 504 g/mol. The molecule has 0 atom stereocenters. The van der Waals surface area contributed by atoms with Crippen LogP contribution < -0.4 is 26.0 Å². The molecular formula is C30H24N4O2S. The fourth-order valence-corrected chi connectivity index (χ4v) is 5.57. The van der Waals surface area contributed by atoms with Crippen LogP contribution in [0.4, 0.5) is 0 Å². The summed E-state index contributed by atoms with van der Waals surface area (Å²) in [6.45, 7) is 4.09. The van der Waals surface area contributed by atoms with Gasteiger partial charge in [0.2, 0.25) is 5.78 Å². The summed E-state index contributed by atoms with van der Waals surface area (Å²) >= 11 is 1.44. The number of nitrogens with zero attached hydrogens (tertiary/aromatic N) is 2. The van der Waals surface area contributed by atoms with Crippen LogP contribution in [0.15, 0.2) is 77.9 Å². The summed E-state index contributed by atoms with van der Waals surface area (Å²) in [7, 11) is 1.64. The highest BCUT2D eigenvalue weighted by Crippen LogP contribution is 2.30. The lowest BCUT2D eigenvalue weighted by molar-refractivity contribution is 0.106. The number of H-pyrrole nitrogens is 2. The van der Waals surface area contributed by atoms with E-state index in [0.717, 1.165) is 48.8 Å². The van der Waals surface area contributed by atoms with Gasteiger partial charge in [-0.15, -0.1) is 11.3 Å². The van der Waals surface area contributed by atoms with Gasteiger partial charge in [0.05, 0.1) is 49.9 Å². The molecule has 6 rings (SSSR count). The molecule has 1 aliphatic heterocycles. The van der Waals surface area contributed by atoms with E-state index in [1.54, 1.807) is 13.3 Å². The first-order chi connectivity index (χ1) is 18.0. The number of rotatable bonds is 5. The Morgan fingerprint density at radius 2 is 1.84 bits per heavy atom. The third-order valence-electron chi connectivity index (χ3n) is 6.38. The van der Waals surface area contributed by atoms with E-state index >= 15 is 0 Å². The Morgan fingerprint density at radius 3 is 2.59 bits per heavy atom. The number of nitrogens with one attached hydrogen (secondary N) is 2. The number of ether oxygens (including phenoxy) is 1. The van der Waals surface area contributed by atoms with Crippen LogP contribution >= 0.6 is 11.3 Å². The maximum absolute atomic E-state index is 14.0. The van der Waals surface area contributed by atoms with Gasteiger partial charge in [-0.3, -0.25) is 9.78 Å². The van der Waals surface area contributed by atoms with Gasteiger partial charge >= 0.3 is 0 Å². The Bertz CT molecular complexity index is 1910. The summed E-state index contributed by atoms with van der Waals surface area (Å²) in [6.07, 6.45) is 3.78. The molecule has 5 aromatic rings. The largest absolute Gasteiger partial charge is 0.494 e. The van der Waals surface area contributed by atoms with Gasteiger partial charge in [-0.05, 0) is 61.9 Å². The number of Topliss-reactive ketones (excluding diaryl/α,β-unsaturated/α-hetero) is 1. The SMILES string of the molecule is COc1cc(=C2N=c3ccccc3=C2C(=O)c2ccc(-c3ccccn3)s2)[nH]c1=Cc1[nH]c(C)cc1C. The number of methoxy groups -OCH3 is 1. The van der Waals surface area contributed by atoms with Gasteiger partial charge in [0, 0.05) is 28.9 Å². The number of hydrogen-bond acceptors (Lipinski definition) is 5. The molecule has 7 heteroatoms. The lowest BCUT2D eigenvalue weighted by Gasteiger charge is -2.01. The molecule has 4 aromatic heterocycles. The number of carbonyl (C=O) groups excluding carboxylic acids is 1. The van der Waals surface area contributed by atoms with E-state index in [-0.39, 0.29) is 5.78 Å². The van der Waals surface area contributed by atoms with Crippen LogP contribution in [0, 0.1) is 13.8 Å². The summed E-state index contributed by atoms with van der Waals surface area (Å²) in [5.74, 6) is 0.617. The molecule has 0 amide bonds. The van der Waals surface area contributed by atoms with Gasteiger partial charge in [-0.25, -0.2) is 4.99 Å². The first kappa shape index (κ1) is 22.9. The zero-order chi connectivity index (χ0) is 25.5. The number of thiophene rings is 1. The van der Waals surface area contributed by atoms with Crippen molar-refractivity contribution in [3.63, 3.8) is 0 Å². The van der Waals surface area contributed by atoms with Crippen LogP contribution in [0.3, 0.4) is 0 Å². The molecule has 0 saturated carbocycles. The first-order valence-electron chi connectivity index (χ1n) is 11.9. The van der Waals surface area contributed by atoms with Crippen molar-refractivity contribution in [3.8, 4) is 16.3 Å². The van der Waals surface area contributed by atoms with E-state index in [1.807, 2.05) is 73.7 Å². The number of ketones is 1. The Balaban J connectivity index is 1.53. The predicted octanol–water partition coefficient (Wildman–Crippen LogP) is 3.40. The molecule has 0 bridgehead atoms. The second-order valence-corrected chi connectivity index (χ2v) is 10.0. The number of benzene rings is 1. The van der Waals surface area contributed by atoms with E-state index in [2.05, 4.69) is 27.9 Å². The molecule has 182 valence electrons. The number of aromatic amines is 2. The maximum Gasteiger partial charge on any atom is 0.205 e. The van der Waals surface area contributed by atoms with E-state index in [1.165, 1.54) is 11.3 Å². The molecule has 5 heterocycles. The van der Waals surface area contributed by atoms with Gasteiger partial charge < -0.3 is 14.7 Å². The van der Waals surface area contributed by atoms with Gasteiger partial charge in [0.15, 0.2) is 0 Å². The summed E-state index contributed by atoms with van der Waals surface area (Å²) in [5, 5.41) is 3.13. The maximum atomic E-state index is 14.0. The topological polar surface area (TPSA) is 83.1 Å². The molecule has 37 heavy (non-hydrogen) atoms. The summed E-state index contributed by atoms with van der Waals surface area (Å²) in [6, 6.07) is 21.3. The van der Waals surface area contributed by atoms with Crippen molar-refractivity contribution >= 4 is 34.5 Å². The minimum atomic E-state index is -0.0641. The first-order valence-corrected chi connectivity index (χ1v) is 12.7. The highest BCUT2D eigenvalue weighted by atomic mass is 32.1. The Hall–Kier alpha value is -4.49. The zero-order valence-electron chi connectivity index (χ0n) is 20.6. The quantitative estimate of drug-likeness (QED) is 0.360. The normalized spacial score (nSPS) is 14.6. The van der Waals surface area contributed by atoms with Gasteiger partial charge in [0.1, 0.15) is 5.75 Å². The Labute approximate surface area is 217 Å². The van der Waals surface area contributed by atoms with Crippen LogP contribution in [0.2, 0.25) is 0 Å². The summed E-state index contributed by atoms with van der Waals surface area (Å²) < 4.78 is 5.68. The molecule has 1 aliphatic rings. The number of pyridine rings is 1. The molecule has 0 fully saturated rings. The van der Waals surface area contributed by atoms with E-state index < -0.39 is 0 Å². The van der Waals surface area contributed by atoms with Crippen LogP contribution in [-0.4, -0.2) is 27.8 Å². The van der Waals surface area contributed by atoms with Gasteiger partial charge in [-0.2, -0.15) is 0 Å². The lowest BCUT2D eigenvalue weighted by atomic mass is 10.0. The van der Waals surface area contributed by atoms with Crippen molar-refractivity contribution in [3.05, 3.63) is 116 Å². The Morgan fingerprint density at radius 1 is 1.00 bits per heavy atom. The fourth-order valence-electron chi connectivity index (χ4n) is 4.64. The standard InChI is InChI=1S/C30H24N4O2S/c1-17-14-18(2)32-22(17)15-23-25(36-3)16-24(33-23)29-28(19-8-4-5-9-20(19)34-29)30(35)27-12-11-26(37-27)21-10-6-7-13-31-21/h4-16,32-33H,1-3H3. The summed E-state index contributed by atoms with van der Waals surface area (Å²) in [4.78, 5) is 31.7. The number of hydrogen-bond donors (Lipinski definition) is 2. The number of fused-ring (bicyclic) bond motifs is 1. The lowest BCUT2D eigenvalue weighted by Crippen LogP contribution is -2.24. The smallest absolute Gasteiger partial charge is 0.205 e. The van der Waals surface area contributed by atoms with Crippen molar-refractivity contribution < 1.29 is 9.53 Å².